The predicted octanol–water partition coefficient (Wildman–Crippen LogP) is 0.656. The van der Waals surface area contributed by atoms with Crippen LogP contribution in [0.25, 0.3) is 0 Å². The molecule has 3 N–H and O–H groups in total. The first-order valence-electron chi connectivity index (χ1n) is 9.93. The first kappa shape index (κ1) is 21.8. The highest BCUT2D eigenvalue weighted by Crippen LogP contribution is 2.30. The zero-order chi connectivity index (χ0) is 21.8. The van der Waals surface area contributed by atoms with E-state index in [1.165, 1.54) is 10.8 Å². The molecule has 9 heteroatoms. The molecule has 0 radical (unpaired) electrons. The number of aryl methyl sites for hydroxylation is 1. The number of carbonyl (C=O) groups excluding carboxylic acids is 1. The third-order valence-electron chi connectivity index (χ3n) is 5.26. The third-order valence-corrected chi connectivity index (χ3v) is 5.26. The third kappa shape index (κ3) is 5.17. The largest absolute Gasteiger partial charge is 0.390 e. The summed E-state index contributed by atoms with van der Waals surface area (Å²) in [5.74, 6) is -0.136. The number of carbonyl (C=O) groups is 1. The molecule has 2 aromatic rings. The molecule has 0 spiro atoms. The Hall–Kier alpha value is -2.91. The van der Waals surface area contributed by atoms with Crippen LogP contribution >= 0.6 is 0 Å². The van der Waals surface area contributed by atoms with Gasteiger partial charge in [0.25, 0.3) is 5.56 Å². The molecule has 30 heavy (non-hydrogen) atoms. The number of hydrogen-bond acceptors (Lipinski definition) is 6. The molecule has 162 valence electrons. The van der Waals surface area contributed by atoms with Gasteiger partial charge in [-0.1, -0.05) is 12.1 Å². The Kier molecular flexibility index (Phi) is 6.73. The van der Waals surface area contributed by atoms with Crippen molar-refractivity contribution in [3.63, 3.8) is 0 Å². The molecule has 1 aromatic heterocycles. The van der Waals surface area contributed by atoms with Gasteiger partial charge < -0.3 is 20.1 Å². The van der Waals surface area contributed by atoms with Gasteiger partial charge in [-0.15, -0.1) is 0 Å². The Morgan fingerprint density at radius 2 is 2.00 bits per heavy atom. The van der Waals surface area contributed by atoms with Gasteiger partial charge in [0.1, 0.15) is 6.23 Å². The second kappa shape index (κ2) is 9.27. The first-order chi connectivity index (χ1) is 14.2. The van der Waals surface area contributed by atoms with Crippen molar-refractivity contribution in [3.05, 3.63) is 62.4 Å². The Labute approximate surface area is 174 Å². The maximum Gasteiger partial charge on any atom is 0.330 e. The highest BCUT2D eigenvalue weighted by Gasteiger charge is 2.35. The number of H-pyrrole nitrogens is 1. The number of aliphatic hydroxyl groups excluding tert-OH is 1. The lowest BCUT2D eigenvalue weighted by Crippen LogP contribution is -2.33. The normalized spacial score (nSPS) is 20.9. The molecule has 3 rings (SSSR count). The van der Waals surface area contributed by atoms with Gasteiger partial charge in [-0.25, -0.2) is 4.79 Å². The Morgan fingerprint density at radius 1 is 1.30 bits per heavy atom. The maximum atomic E-state index is 12.2. The standard InChI is InChI=1S/C21H28N4O5/c1-13-12-25(21(29)23-20(13)28)19-10-16(26)17(30-19)8-9-18(27)22-11-14-4-6-15(7-5-14)24(2)3/h4-7,12,16-17,19,26H,8-11H2,1-3H3,(H,22,27)(H,23,28,29)/t16-,17+,19+/m0/s1. The molecule has 0 saturated carbocycles. The van der Waals surface area contributed by atoms with Crippen LogP contribution in [0.15, 0.2) is 40.1 Å². The Balaban J connectivity index is 1.50. The topological polar surface area (TPSA) is 117 Å². The minimum atomic E-state index is -0.791. The number of aromatic nitrogens is 2. The number of rotatable bonds is 7. The molecule has 1 saturated heterocycles. The molecule has 0 unspecified atom stereocenters. The molecular weight excluding hydrogens is 388 g/mol. The van der Waals surface area contributed by atoms with Gasteiger partial charge in [0, 0.05) is 50.9 Å². The fraction of sp³-hybridized carbons (Fsp3) is 0.476. The molecule has 2 heterocycles. The van der Waals surface area contributed by atoms with Crippen LogP contribution in [-0.2, 0) is 16.1 Å². The van der Waals surface area contributed by atoms with Crippen LogP contribution in [0.4, 0.5) is 5.69 Å². The summed E-state index contributed by atoms with van der Waals surface area (Å²) in [5.41, 5.74) is 1.44. The average Bonchev–Trinajstić information content (AvgIpc) is 3.08. The van der Waals surface area contributed by atoms with Gasteiger partial charge in [-0.05, 0) is 31.0 Å². The number of nitrogens with one attached hydrogen (secondary N) is 2. The quantitative estimate of drug-likeness (QED) is 0.610. The summed E-state index contributed by atoms with van der Waals surface area (Å²) in [6.45, 7) is 2.02. The summed E-state index contributed by atoms with van der Waals surface area (Å²) in [6.07, 6.45) is 0.154. The molecule has 1 fully saturated rings. The van der Waals surface area contributed by atoms with E-state index in [-0.39, 0.29) is 18.7 Å². The van der Waals surface area contributed by atoms with E-state index in [1.807, 2.05) is 43.3 Å². The van der Waals surface area contributed by atoms with Gasteiger partial charge in [-0.3, -0.25) is 19.1 Å². The zero-order valence-corrected chi connectivity index (χ0v) is 17.4. The second-order valence-electron chi connectivity index (χ2n) is 7.79. The number of ether oxygens (including phenoxy) is 1. The Bertz CT molecular complexity index is 996. The minimum Gasteiger partial charge on any atom is -0.390 e. The van der Waals surface area contributed by atoms with E-state index in [4.69, 9.17) is 4.74 Å². The van der Waals surface area contributed by atoms with Crippen LogP contribution in [0.3, 0.4) is 0 Å². The number of hydrogen-bond donors (Lipinski definition) is 3. The van der Waals surface area contributed by atoms with Crippen molar-refractivity contribution < 1.29 is 14.6 Å². The fourth-order valence-electron chi connectivity index (χ4n) is 3.42. The smallest absolute Gasteiger partial charge is 0.330 e. The summed E-state index contributed by atoms with van der Waals surface area (Å²) >= 11 is 0. The molecule has 3 atom stereocenters. The second-order valence-corrected chi connectivity index (χ2v) is 7.79. The lowest BCUT2D eigenvalue weighted by atomic mass is 10.1. The van der Waals surface area contributed by atoms with Crippen LogP contribution in [0.2, 0.25) is 0 Å². The number of amides is 1. The predicted molar refractivity (Wildman–Crippen MR) is 112 cm³/mol. The van der Waals surface area contributed by atoms with Crippen molar-refractivity contribution in [2.24, 2.45) is 0 Å². The first-order valence-corrected chi connectivity index (χ1v) is 9.93. The SMILES string of the molecule is Cc1cn([C@H]2C[C@H](O)[C@@H](CCC(=O)NCc3ccc(N(C)C)cc3)O2)c(=O)[nH]c1=O. The van der Waals surface area contributed by atoms with Crippen LogP contribution in [-0.4, -0.2) is 46.9 Å². The number of aliphatic hydroxyl groups is 1. The molecule has 0 aliphatic carbocycles. The molecular formula is C21H28N4O5. The van der Waals surface area contributed by atoms with E-state index in [9.17, 15) is 19.5 Å². The van der Waals surface area contributed by atoms with Gasteiger partial charge in [0.05, 0.1) is 12.2 Å². The molecule has 0 bridgehead atoms. The van der Waals surface area contributed by atoms with E-state index >= 15 is 0 Å². The summed E-state index contributed by atoms with van der Waals surface area (Å²) in [5, 5.41) is 13.1. The lowest BCUT2D eigenvalue weighted by molar-refractivity contribution is -0.122. The summed E-state index contributed by atoms with van der Waals surface area (Å²) in [7, 11) is 3.94. The Morgan fingerprint density at radius 3 is 2.67 bits per heavy atom. The van der Waals surface area contributed by atoms with E-state index in [2.05, 4.69) is 10.3 Å². The summed E-state index contributed by atoms with van der Waals surface area (Å²) < 4.78 is 7.07. The fourth-order valence-corrected chi connectivity index (χ4v) is 3.42. The summed E-state index contributed by atoms with van der Waals surface area (Å²) in [6, 6.07) is 7.91. The van der Waals surface area contributed by atoms with Crippen molar-refractivity contribution in [2.45, 2.75) is 51.2 Å². The number of aromatic amines is 1. The molecule has 1 amide bonds. The highest BCUT2D eigenvalue weighted by molar-refractivity contribution is 5.75. The van der Waals surface area contributed by atoms with E-state index < -0.39 is 29.7 Å². The van der Waals surface area contributed by atoms with Crippen molar-refractivity contribution in [1.29, 1.82) is 0 Å². The van der Waals surface area contributed by atoms with E-state index in [0.29, 0.717) is 18.5 Å². The monoisotopic (exact) mass is 416 g/mol. The van der Waals surface area contributed by atoms with Gasteiger partial charge in [0.15, 0.2) is 0 Å². The van der Waals surface area contributed by atoms with Gasteiger partial charge >= 0.3 is 5.69 Å². The van der Waals surface area contributed by atoms with Crippen LogP contribution in [0.5, 0.6) is 0 Å². The van der Waals surface area contributed by atoms with Crippen LogP contribution < -0.4 is 21.5 Å². The van der Waals surface area contributed by atoms with Crippen LogP contribution in [0, 0.1) is 6.92 Å². The molecule has 9 nitrogen and oxygen atoms in total. The van der Waals surface area contributed by atoms with E-state index in [0.717, 1.165) is 11.3 Å². The maximum absolute atomic E-state index is 12.2. The van der Waals surface area contributed by atoms with Crippen molar-refractivity contribution in [3.8, 4) is 0 Å². The minimum absolute atomic E-state index is 0.136. The molecule has 1 aromatic carbocycles. The van der Waals surface area contributed by atoms with Gasteiger partial charge in [-0.2, -0.15) is 0 Å². The number of nitrogens with zero attached hydrogens (tertiary/aromatic N) is 2. The molecule has 1 aliphatic heterocycles. The van der Waals surface area contributed by atoms with E-state index in [1.54, 1.807) is 6.92 Å². The average molecular weight is 416 g/mol. The van der Waals surface area contributed by atoms with Gasteiger partial charge in [0.2, 0.25) is 5.91 Å². The van der Waals surface area contributed by atoms with Crippen molar-refractivity contribution in [1.82, 2.24) is 14.9 Å². The number of benzene rings is 1. The van der Waals surface area contributed by atoms with Crippen molar-refractivity contribution in [2.75, 3.05) is 19.0 Å². The molecule has 1 aliphatic rings. The zero-order valence-electron chi connectivity index (χ0n) is 17.4. The number of anilines is 1. The summed E-state index contributed by atoms with van der Waals surface area (Å²) in [4.78, 5) is 40.0. The van der Waals surface area contributed by atoms with Crippen LogP contribution in [0.1, 0.15) is 36.6 Å². The highest BCUT2D eigenvalue weighted by atomic mass is 16.5. The van der Waals surface area contributed by atoms with Crippen molar-refractivity contribution >= 4 is 11.6 Å². The lowest BCUT2D eigenvalue weighted by Gasteiger charge is -2.16.